The molecule has 0 aliphatic heterocycles. The minimum Gasteiger partial charge on any atom is -0.349 e. The van der Waals surface area contributed by atoms with E-state index in [1.807, 2.05) is 25.1 Å². The van der Waals surface area contributed by atoms with E-state index in [0.717, 1.165) is 29.7 Å². The lowest BCUT2D eigenvalue weighted by Gasteiger charge is -2.34. The second-order valence-corrected chi connectivity index (χ2v) is 6.75. The van der Waals surface area contributed by atoms with Gasteiger partial charge in [0, 0.05) is 18.6 Å². The second-order valence-electron chi connectivity index (χ2n) is 6.75. The maximum absolute atomic E-state index is 12.2. The van der Waals surface area contributed by atoms with E-state index in [9.17, 15) is 4.79 Å². The summed E-state index contributed by atoms with van der Waals surface area (Å²) in [6.45, 7) is 13.0. The molecule has 0 aliphatic rings. The molecule has 0 fully saturated rings. The van der Waals surface area contributed by atoms with Crippen LogP contribution < -0.4 is 5.32 Å². The van der Waals surface area contributed by atoms with Gasteiger partial charge >= 0.3 is 0 Å². The van der Waals surface area contributed by atoms with Crippen molar-refractivity contribution in [2.24, 2.45) is 0 Å². The molecule has 0 saturated heterocycles. The first-order chi connectivity index (χ1) is 10.8. The van der Waals surface area contributed by atoms with Crippen molar-refractivity contribution in [3.05, 3.63) is 35.7 Å². The Balaban J connectivity index is 1.99. The topological polar surface area (TPSA) is 58.1 Å². The van der Waals surface area contributed by atoms with Crippen molar-refractivity contribution < 1.29 is 4.79 Å². The maximum Gasteiger partial charge on any atom is 0.271 e. The third-order valence-electron chi connectivity index (χ3n) is 3.93. The highest BCUT2D eigenvalue weighted by Crippen LogP contribution is 2.12. The first-order valence-electron chi connectivity index (χ1n) is 8.08. The number of amides is 1. The predicted molar refractivity (Wildman–Crippen MR) is 93.6 cm³/mol. The smallest absolute Gasteiger partial charge is 0.271 e. The third kappa shape index (κ3) is 4.48. The largest absolute Gasteiger partial charge is 0.349 e. The Morgan fingerprint density at radius 1 is 1.26 bits per heavy atom. The molecule has 1 aromatic heterocycles. The number of hydrogen-bond donors (Lipinski definition) is 1. The average Bonchev–Trinajstić information content (AvgIpc) is 2.49. The van der Waals surface area contributed by atoms with Gasteiger partial charge in [-0.15, -0.1) is 0 Å². The number of nitrogens with one attached hydrogen (secondary N) is 1. The molecule has 1 heterocycles. The van der Waals surface area contributed by atoms with E-state index in [-0.39, 0.29) is 11.4 Å². The van der Waals surface area contributed by atoms with Crippen LogP contribution in [0.1, 0.15) is 43.7 Å². The summed E-state index contributed by atoms with van der Waals surface area (Å²) in [5, 5.41) is 2.93. The first kappa shape index (κ1) is 17.3. The number of likely N-dealkylation sites (N-methyl/N-ethyl adjacent to an activating group) is 1. The predicted octanol–water partition coefficient (Wildman–Crippen LogP) is 2.79. The highest BCUT2D eigenvalue weighted by molar-refractivity contribution is 5.93. The van der Waals surface area contributed by atoms with Gasteiger partial charge in [-0.25, -0.2) is 4.98 Å². The van der Waals surface area contributed by atoms with Crippen molar-refractivity contribution in [3.63, 3.8) is 0 Å². The van der Waals surface area contributed by atoms with Gasteiger partial charge < -0.3 is 5.32 Å². The Labute approximate surface area is 138 Å². The van der Waals surface area contributed by atoms with Crippen molar-refractivity contribution in [1.29, 1.82) is 0 Å². The number of benzene rings is 1. The van der Waals surface area contributed by atoms with Crippen LogP contribution in [-0.4, -0.2) is 45.9 Å². The molecule has 0 aliphatic carbocycles. The van der Waals surface area contributed by atoms with Crippen molar-refractivity contribution in [2.45, 2.75) is 40.2 Å². The number of nitrogens with zero attached hydrogens (tertiary/aromatic N) is 3. The number of carbonyl (C=O) groups is 1. The van der Waals surface area contributed by atoms with Crippen LogP contribution in [0.4, 0.5) is 0 Å². The number of aryl methyl sites for hydroxylation is 1. The van der Waals surface area contributed by atoms with Crippen molar-refractivity contribution in [3.8, 4) is 0 Å². The second kappa shape index (κ2) is 7.04. The summed E-state index contributed by atoms with van der Waals surface area (Å²) in [5.74, 6) is -0.176. The van der Waals surface area contributed by atoms with Gasteiger partial charge in [-0.05, 0) is 51.9 Å². The summed E-state index contributed by atoms with van der Waals surface area (Å²) < 4.78 is 0. The standard InChI is InChI=1S/C18H26N4O/c1-6-22(18(3,4)5)10-9-19-17(23)16-12-20-15-11-13(2)7-8-14(15)21-16/h7-8,11-12H,6,9-10H2,1-5H3,(H,19,23). The molecule has 5 heteroatoms. The molecule has 0 atom stereocenters. The number of hydrogen-bond acceptors (Lipinski definition) is 4. The van der Waals surface area contributed by atoms with E-state index in [1.54, 1.807) is 6.20 Å². The summed E-state index contributed by atoms with van der Waals surface area (Å²) >= 11 is 0. The molecule has 1 N–H and O–H groups in total. The molecule has 1 amide bonds. The van der Waals surface area contributed by atoms with Gasteiger partial charge in [0.25, 0.3) is 5.91 Å². The minimum absolute atomic E-state index is 0.0973. The Morgan fingerprint density at radius 3 is 2.65 bits per heavy atom. The molecule has 0 unspecified atom stereocenters. The van der Waals surface area contributed by atoms with Gasteiger partial charge in [-0.3, -0.25) is 14.7 Å². The van der Waals surface area contributed by atoms with Gasteiger partial charge in [-0.1, -0.05) is 13.0 Å². The zero-order valence-corrected chi connectivity index (χ0v) is 14.7. The van der Waals surface area contributed by atoms with Crippen LogP contribution in [0.3, 0.4) is 0 Å². The van der Waals surface area contributed by atoms with Gasteiger partial charge in [0.2, 0.25) is 0 Å². The van der Waals surface area contributed by atoms with Crippen molar-refractivity contribution >= 4 is 16.9 Å². The molecule has 2 rings (SSSR count). The molecule has 0 saturated carbocycles. The molecular weight excluding hydrogens is 288 g/mol. The van der Waals surface area contributed by atoms with E-state index < -0.39 is 0 Å². The molecular formula is C18H26N4O. The van der Waals surface area contributed by atoms with Crippen LogP contribution in [0, 0.1) is 6.92 Å². The molecule has 0 radical (unpaired) electrons. The summed E-state index contributed by atoms with van der Waals surface area (Å²) in [5.41, 5.74) is 3.14. The fraction of sp³-hybridized carbons (Fsp3) is 0.500. The van der Waals surface area contributed by atoms with Crippen LogP contribution in [0.2, 0.25) is 0 Å². The Kier molecular flexibility index (Phi) is 5.31. The quantitative estimate of drug-likeness (QED) is 0.922. The van der Waals surface area contributed by atoms with E-state index in [2.05, 4.69) is 47.9 Å². The fourth-order valence-corrected chi connectivity index (χ4v) is 2.59. The van der Waals surface area contributed by atoms with E-state index in [0.29, 0.717) is 12.2 Å². The zero-order chi connectivity index (χ0) is 17.0. The van der Waals surface area contributed by atoms with Gasteiger partial charge in [-0.2, -0.15) is 0 Å². The maximum atomic E-state index is 12.2. The lowest BCUT2D eigenvalue weighted by molar-refractivity contribution is 0.0927. The molecule has 0 bridgehead atoms. The number of rotatable bonds is 5. The van der Waals surface area contributed by atoms with Crippen molar-refractivity contribution in [2.75, 3.05) is 19.6 Å². The highest BCUT2D eigenvalue weighted by atomic mass is 16.1. The summed E-state index contributed by atoms with van der Waals surface area (Å²) in [7, 11) is 0. The fourth-order valence-electron chi connectivity index (χ4n) is 2.59. The van der Waals surface area contributed by atoms with Crippen LogP contribution in [-0.2, 0) is 0 Å². The highest BCUT2D eigenvalue weighted by Gasteiger charge is 2.19. The molecule has 0 spiro atoms. The third-order valence-corrected chi connectivity index (χ3v) is 3.93. The SMILES string of the molecule is CCN(CCNC(=O)c1cnc2cc(C)ccc2n1)C(C)(C)C. The lowest BCUT2D eigenvalue weighted by atomic mass is 10.1. The van der Waals surface area contributed by atoms with Crippen LogP contribution >= 0.6 is 0 Å². The molecule has 5 nitrogen and oxygen atoms in total. The number of carbonyl (C=O) groups excluding carboxylic acids is 1. The van der Waals surface area contributed by atoms with Crippen LogP contribution in [0.25, 0.3) is 11.0 Å². The molecule has 124 valence electrons. The van der Waals surface area contributed by atoms with E-state index in [1.165, 1.54) is 0 Å². The van der Waals surface area contributed by atoms with Crippen molar-refractivity contribution in [1.82, 2.24) is 20.2 Å². The summed E-state index contributed by atoms with van der Waals surface area (Å²) in [6, 6.07) is 5.83. The lowest BCUT2D eigenvalue weighted by Crippen LogP contribution is -2.45. The monoisotopic (exact) mass is 314 g/mol. The average molecular weight is 314 g/mol. The zero-order valence-electron chi connectivity index (χ0n) is 14.7. The molecule has 23 heavy (non-hydrogen) atoms. The summed E-state index contributed by atoms with van der Waals surface area (Å²) in [4.78, 5) is 23.3. The molecule has 2 aromatic rings. The number of fused-ring (bicyclic) bond motifs is 1. The normalized spacial score (nSPS) is 11.9. The Bertz CT molecular complexity index is 691. The van der Waals surface area contributed by atoms with Crippen LogP contribution in [0.15, 0.2) is 24.4 Å². The van der Waals surface area contributed by atoms with E-state index >= 15 is 0 Å². The van der Waals surface area contributed by atoms with Gasteiger partial charge in [0.15, 0.2) is 0 Å². The van der Waals surface area contributed by atoms with E-state index in [4.69, 9.17) is 0 Å². The van der Waals surface area contributed by atoms with Crippen LogP contribution in [0.5, 0.6) is 0 Å². The van der Waals surface area contributed by atoms with Gasteiger partial charge in [0.05, 0.1) is 17.2 Å². The van der Waals surface area contributed by atoms with Gasteiger partial charge in [0.1, 0.15) is 5.69 Å². The Morgan fingerprint density at radius 2 is 2.00 bits per heavy atom. The first-order valence-corrected chi connectivity index (χ1v) is 8.08. The minimum atomic E-state index is -0.176. The Hall–Kier alpha value is -2.01. The number of aromatic nitrogens is 2. The summed E-state index contributed by atoms with van der Waals surface area (Å²) in [6.07, 6.45) is 1.54. The molecule has 1 aromatic carbocycles.